The van der Waals surface area contributed by atoms with Crippen LogP contribution in [0.1, 0.15) is 60.0 Å². The van der Waals surface area contributed by atoms with Crippen molar-refractivity contribution in [3.8, 4) is 22.6 Å². The number of carbonyl (C=O) groups excluding carboxylic acids is 3. The highest BCUT2D eigenvalue weighted by Gasteiger charge is 2.46. The zero-order chi connectivity index (χ0) is 39.6. The largest absolute Gasteiger partial charge is 0.496 e. The number of ether oxygens (including phenoxy) is 2. The number of amides is 3. The monoisotopic (exact) mass is 776 g/mol. The lowest BCUT2D eigenvalue weighted by Crippen LogP contribution is -2.60. The number of nitrogens with one attached hydrogen (secondary N) is 1. The molecule has 4 saturated heterocycles. The highest BCUT2D eigenvalue weighted by Crippen LogP contribution is 2.44. The zero-order valence-corrected chi connectivity index (χ0v) is 33.4. The van der Waals surface area contributed by atoms with Crippen LogP contribution in [0.5, 0.6) is 11.5 Å². The minimum atomic E-state index is -0.589. The molecule has 3 amide bonds. The van der Waals surface area contributed by atoms with Crippen LogP contribution in [0.15, 0.2) is 47.5 Å². The molecule has 1 N–H and O–H groups in total. The predicted octanol–water partition coefficient (Wildman–Crippen LogP) is 3.53. The third-order valence-electron chi connectivity index (χ3n) is 13.3. The van der Waals surface area contributed by atoms with E-state index in [1.165, 1.54) is 12.8 Å². The average Bonchev–Trinajstić information content (AvgIpc) is 3.75. The predicted molar refractivity (Wildman–Crippen MR) is 215 cm³/mol. The molecule has 57 heavy (non-hydrogen) atoms. The first-order chi connectivity index (χ1) is 27.5. The number of methoxy groups -OCH3 is 2. The zero-order valence-electron chi connectivity index (χ0n) is 33.4. The molecule has 0 radical (unpaired) electrons. The number of aromatic nitrogens is 3. The Balaban J connectivity index is 0.765. The Bertz CT molecular complexity index is 2280. The maximum absolute atomic E-state index is 13.4. The summed E-state index contributed by atoms with van der Waals surface area (Å²) in [7, 11) is 6.99. The Morgan fingerprint density at radius 2 is 1.58 bits per heavy atom. The molecule has 0 saturated carbocycles. The van der Waals surface area contributed by atoms with Gasteiger partial charge >= 0.3 is 0 Å². The first-order valence-corrected chi connectivity index (χ1v) is 20.3. The smallest absolute Gasteiger partial charge is 0.261 e. The fourth-order valence-corrected chi connectivity index (χ4v) is 9.98. The molecule has 5 aliphatic heterocycles. The van der Waals surface area contributed by atoms with Crippen LogP contribution in [0.4, 0.5) is 5.69 Å². The molecule has 4 aromatic rings. The van der Waals surface area contributed by atoms with Crippen molar-refractivity contribution in [1.82, 2.24) is 34.4 Å². The standard InChI is InChI=1S/C43H52N8O6/c1-46-22-32(39-34(41(46)54)23-47(2)45-39)29-17-36(56-3)33(37(18-29)57-4)24-48-13-9-27(10-14-48)20-49-15-11-43(12-16-49)25-50(26-43)30-6-5-28-21-51(42(55)31(28)19-30)35-7-8-38(52)44-40(35)53/h5-6,17-19,22-23,27,35H,7-16,20-21,24-26H2,1-4H3,(H,44,52,53). The quantitative estimate of drug-likeness (QED) is 0.252. The minimum absolute atomic E-state index is 0.0773. The van der Waals surface area contributed by atoms with Crippen LogP contribution in [0.25, 0.3) is 22.0 Å². The van der Waals surface area contributed by atoms with Gasteiger partial charge in [-0.3, -0.25) is 34.1 Å². The lowest BCUT2D eigenvalue weighted by atomic mass is 9.71. The lowest BCUT2D eigenvalue weighted by molar-refractivity contribution is -0.136. The SMILES string of the molecule is COc1cc(-c2cn(C)c(=O)c3cn(C)nc23)cc(OC)c1CN1CCC(CN2CCC3(CC2)CN(c2ccc4c(c2)C(=O)N(C2CCC(=O)NC2=O)C4)C3)CC1. The number of fused-ring (bicyclic) bond motifs is 2. The highest BCUT2D eigenvalue weighted by atomic mass is 16.5. The van der Waals surface area contributed by atoms with Gasteiger partial charge < -0.3 is 28.7 Å². The first kappa shape index (κ1) is 37.4. The molecule has 9 rings (SSSR count). The molecular weight excluding hydrogens is 725 g/mol. The van der Waals surface area contributed by atoms with Gasteiger partial charge in [0.15, 0.2) is 0 Å². The Hall–Kier alpha value is -5.21. The summed E-state index contributed by atoms with van der Waals surface area (Å²) in [5, 5.41) is 7.57. The molecular formula is C43H52N8O6. The molecule has 1 unspecified atom stereocenters. The third-order valence-corrected chi connectivity index (χ3v) is 13.3. The Morgan fingerprint density at radius 3 is 2.26 bits per heavy atom. The van der Waals surface area contributed by atoms with E-state index in [4.69, 9.17) is 9.47 Å². The van der Waals surface area contributed by atoms with Crippen LogP contribution in [0, 0.1) is 11.3 Å². The van der Waals surface area contributed by atoms with Gasteiger partial charge in [0.25, 0.3) is 11.5 Å². The summed E-state index contributed by atoms with van der Waals surface area (Å²) in [5.41, 5.74) is 6.39. The average molecular weight is 777 g/mol. The van der Waals surface area contributed by atoms with E-state index in [-0.39, 0.29) is 29.7 Å². The van der Waals surface area contributed by atoms with Crippen molar-refractivity contribution in [2.45, 2.75) is 57.7 Å². The van der Waals surface area contributed by atoms with E-state index < -0.39 is 6.04 Å². The molecule has 14 nitrogen and oxygen atoms in total. The lowest BCUT2D eigenvalue weighted by Gasteiger charge is -2.55. The van der Waals surface area contributed by atoms with Crippen LogP contribution in [-0.4, -0.2) is 113 Å². The number of pyridine rings is 1. The Morgan fingerprint density at radius 1 is 0.860 bits per heavy atom. The second-order valence-corrected chi connectivity index (χ2v) is 17.0. The number of aryl methyl sites for hydroxylation is 2. The van der Waals surface area contributed by atoms with E-state index in [0.29, 0.717) is 40.8 Å². The normalized spacial score (nSPS) is 21.6. The van der Waals surface area contributed by atoms with E-state index in [1.54, 1.807) is 41.6 Å². The number of rotatable bonds is 9. The van der Waals surface area contributed by atoms with E-state index in [0.717, 1.165) is 105 Å². The topological polar surface area (TPSA) is 134 Å². The van der Waals surface area contributed by atoms with Crippen LogP contribution in [-0.2, 0) is 36.8 Å². The second kappa shape index (κ2) is 14.6. The summed E-state index contributed by atoms with van der Waals surface area (Å²) in [4.78, 5) is 59.5. The third kappa shape index (κ3) is 6.86. The summed E-state index contributed by atoms with van der Waals surface area (Å²) in [6.07, 6.45) is 8.94. The van der Waals surface area contributed by atoms with Gasteiger partial charge in [0, 0.05) is 87.9 Å². The van der Waals surface area contributed by atoms with Crippen LogP contribution in [0.3, 0.4) is 0 Å². The molecule has 1 spiro atoms. The molecule has 300 valence electrons. The van der Waals surface area contributed by atoms with E-state index in [1.807, 2.05) is 37.5 Å². The number of hydrogen-bond acceptors (Lipinski definition) is 10. The van der Waals surface area contributed by atoms with Crippen molar-refractivity contribution >= 4 is 34.3 Å². The molecule has 2 aromatic carbocycles. The molecule has 5 aliphatic rings. The molecule has 0 aliphatic carbocycles. The van der Waals surface area contributed by atoms with Gasteiger partial charge in [-0.25, -0.2) is 0 Å². The van der Waals surface area contributed by atoms with Crippen LogP contribution >= 0.6 is 0 Å². The summed E-state index contributed by atoms with van der Waals surface area (Å²) in [5.74, 6) is 1.45. The van der Waals surface area contributed by atoms with Crippen molar-refractivity contribution in [2.24, 2.45) is 25.4 Å². The van der Waals surface area contributed by atoms with Crippen LogP contribution in [0.2, 0.25) is 0 Å². The number of hydrogen-bond donors (Lipinski definition) is 1. The summed E-state index contributed by atoms with van der Waals surface area (Å²) < 4.78 is 15.2. The second-order valence-electron chi connectivity index (χ2n) is 17.0. The number of anilines is 1. The van der Waals surface area contributed by atoms with Crippen molar-refractivity contribution in [3.63, 3.8) is 0 Å². The number of benzene rings is 2. The van der Waals surface area contributed by atoms with Crippen molar-refractivity contribution in [3.05, 3.63) is 69.8 Å². The summed E-state index contributed by atoms with van der Waals surface area (Å²) >= 11 is 0. The van der Waals surface area contributed by atoms with Gasteiger partial charge in [-0.2, -0.15) is 5.10 Å². The molecule has 1 atom stereocenters. The van der Waals surface area contributed by atoms with Gasteiger partial charge in [-0.15, -0.1) is 0 Å². The number of carbonyl (C=O) groups is 3. The fourth-order valence-electron chi connectivity index (χ4n) is 9.98. The van der Waals surface area contributed by atoms with Gasteiger partial charge in [-0.05, 0) is 99.6 Å². The molecule has 4 fully saturated rings. The number of imide groups is 1. The summed E-state index contributed by atoms with van der Waals surface area (Å²) in [6, 6.07) is 9.64. The van der Waals surface area contributed by atoms with Gasteiger partial charge in [0.1, 0.15) is 23.1 Å². The molecule has 0 bridgehead atoms. The van der Waals surface area contributed by atoms with E-state index in [2.05, 4.69) is 31.2 Å². The maximum Gasteiger partial charge on any atom is 0.261 e. The molecule has 2 aromatic heterocycles. The van der Waals surface area contributed by atoms with E-state index in [9.17, 15) is 19.2 Å². The maximum atomic E-state index is 13.4. The first-order valence-electron chi connectivity index (χ1n) is 20.3. The number of piperidine rings is 3. The number of nitrogens with zero attached hydrogens (tertiary/aromatic N) is 7. The van der Waals surface area contributed by atoms with Gasteiger partial charge in [-0.1, -0.05) is 6.07 Å². The highest BCUT2D eigenvalue weighted by molar-refractivity contribution is 6.05. The minimum Gasteiger partial charge on any atom is -0.496 e. The van der Waals surface area contributed by atoms with Crippen LogP contribution < -0.4 is 25.2 Å². The molecule has 7 heterocycles. The summed E-state index contributed by atoms with van der Waals surface area (Å²) in [6.45, 7) is 8.61. The van der Waals surface area contributed by atoms with Crippen molar-refractivity contribution < 1.29 is 23.9 Å². The Labute approximate surface area is 332 Å². The molecule has 14 heteroatoms. The van der Waals surface area contributed by atoms with Gasteiger partial charge in [0.2, 0.25) is 11.8 Å². The fraction of sp³-hybridized carbons (Fsp3) is 0.512. The van der Waals surface area contributed by atoms with Crippen molar-refractivity contribution in [2.75, 3.05) is 64.9 Å². The Kier molecular flexibility index (Phi) is 9.59. The van der Waals surface area contributed by atoms with Crippen molar-refractivity contribution in [1.29, 1.82) is 0 Å². The number of likely N-dealkylation sites (tertiary alicyclic amines) is 2. The van der Waals surface area contributed by atoms with Gasteiger partial charge in [0.05, 0.1) is 25.2 Å². The van der Waals surface area contributed by atoms with E-state index >= 15 is 0 Å².